The predicted octanol–water partition coefficient (Wildman–Crippen LogP) is 2.48. The van der Waals surface area contributed by atoms with Crippen molar-refractivity contribution in [2.45, 2.75) is 44.2 Å². The highest BCUT2D eigenvalue weighted by Gasteiger charge is 2.30. The van der Waals surface area contributed by atoms with Crippen molar-refractivity contribution in [2.24, 2.45) is 5.92 Å². The highest BCUT2D eigenvalue weighted by Crippen LogP contribution is 2.26. The molecule has 0 aromatic carbocycles. The monoisotopic (exact) mass is 424 g/mol. The van der Waals surface area contributed by atoms with Crippen LogP contribution in [-0.2, 0) is 4.79 Å². The Morgan fingerprint density at radius 1 is 1.25 bits per heavy atom. The van der Waals surface area contributed by atoms with Crippen molar-refractivity contribution >= 4 is 36.5 Å². The fourth-order valence-electron chi connectivity index (χ4n) is 3.79. The maximum Gasteiger partial charge on any atom is 0.237 e. The fourth-order valence-corrected chi connectivity index (χ4v) is 3.79. The van der Waals surface area contributed by atoms with Crippen molar-refractivity contribution < 1.29 is 4.79 Å². The molecule has 1 aromatic rings. The second-order valence-electron chi connectivity index (χ2n) is 7.06. The summed E-state index contributed by atoms with van der Waals surface area (Å²) >= 11 is 0. The van der Waals surface area contributed by atoms with E-state index in [4.69, 9.17) is 10.5 Å². The highest BCUT2D eigenvalue weighted by molar-refractivity contribution is 5.85. The summed E-state index contributed by atoms with van der Waals surface area (Å²) in [6.45, 7) is 1.86. The topological polar surface area (TPSA) is 105 Å². The first kappa shape index (κ1) is 24.0. The summed E-state index contributed by atoms with van der Waals surface area (Å²) in [7, 11) is 0. The lowest BCUT2D eigenvalue weighted by atomic mass is 10.1. The van der Waals surface area contributed by atoms with E-state index in [2.05, 4.69) is 27.8 Å². The molecule has 2 fully saturated rings. The molecule has 1 saturated carbocycles. The average molecular weight is 425 g/mol. The molecule has 9 heteroatoms. The average Bonchev–Trinajstić information content (AvgIpc) is 3.34. The standard InChI is InChI=1S/C19H24N6O.2ClH/c20-9-15-4-6-18(24-12-15)23-11-14-3-5-16(8-14)22-13-19(26)25-7-1-2-17(25)10-21;;/h4,6,12,14,16-17,22H,1-3,5,7-8,11,13H2,(H,23,24);2*1H/t14?,16-,17+;;/m1../s1. The minimum absolute atomic E-state index is 0. The van der Waals surface area contributed by atoms with Gasteiger partial charge in [-0.05, 0) is 50.2 Å². The van der Waals surface area contributed by atoms with Gasteiger partial charge >= 0.3 is 0 Å². The number of pyridine rings is 1. The van der Waals surface area contributed by atoms with Crippen molar-refractivity contribution in [1.82, 2.24) is 15.2 Å². The Balaban J connectivity index is 0.00000196. The second-order valence-corrected chi connectivity index (χ2v) is 7.06. The summed E-state index contributed by atoms with van der Waals surface area (Å²) in [6.07, 6.45) is 6.48. The molecule has 1 unspecified atom stereocenters. The predicted molar refractivity (Wildman–Crippen MR) is 111 cm³/mol. The molecule has 0 radical (unpaired) electrons. The molecule has 1 aromatic heterocycles. The van der Waals surface area contributed by atoms with E-state index in [1.165, 1.54) is 0 Å². The van der Waals surface area contributed by atoms with Crippen LogP contribution < -0.4 is 10.6 Å². The van der Waals surface area contributed by atoms with E-state index in [0.29, 0.717) is 30.6 Å². The van der Waals surface area contributed by atoms with Gasteiger partial charge < -0.3 is 15.5 Å². The Bertz CT molecular complexity index is 715. The van der Waals surface area contributed by atoms with Gasteiger partial charge in [-0.3, -0.25) is 4.79 Å². The molecule has 152 valence electrons. The number of carbonyl (C=O) groups is 1. The van der Waals surface area contributed by atoms with Gasteiger partial charge in [-0.15, -0.1) is 24.8 Å². The third-order valence-corrected chi connectivity index (χ3v) is 5.27. The van der Waals surface area contributed by atoms with Gasteiger partial charge in [-0.25, -0.2) is 4.98 Å². The van der Waals surface area contributed by atoms with Crippen LogP contribution in [0.3, 0.4) is 0 Å². The number of nitrogens with zero attached hydrogens (tertiary/aromatic N) is 4. The number of amides is 1. The number of nitriles is 2. The minimum Gasteiger partial charge on any atom is -0.370 e. The van der Waals surface area contributed by atoms with Crippen LogP contribution in [0.1, 0.15) is 37.7 Å². The summed E-state index contributed by atoms with van der Waals surface area (Å²) < 4.78 is 0. The first-order chi connectivity index (χ1) is 12.7. The molecule has 3 atom stereocenters. The van der Waals surface area contributed by atoms with Crippen LogP contribution in [0.2, 0.25) is 0 Å². The number of nitrogens with one attached hydrogen (secondary N) is 2. The number of likely N-dealkylation sites (tertiary alicyclic amines) is 1. The molecule has 2 heterocycles. The molecule has 0 spiro atoms. The summed E-state index contributed by atoms with van der Waals surface area (Å²) in [4.78, 5) is 18.2. The summed E-state index contributed by atoms with van der Waals surface area (Å²) in [5.41, 5.74) is 0.557. The van der Waals surface area contributed by atoms with Crippen molar-refractivity contribution in [3.05, 3.63) is 23.9 Å². The van der Waals surface area contributed by atoms with Gasteiger partial charge in [0.05, 0.1) is 18.2 Å². The number of hydrogen-bond acceptors (Lipinski definition) is 6. The van der Waals surface area contributed by atoms with Gasteiger partial charge in [0.25, 0.3) is 0 Å². The molecule has 1 aliphatic carbocycles. The molecule has 3 rings (SSSR count). The van der Waals surface area contributed by atoms with Crippen molar-refractivity contribution in [1.29, 1.82) is 10.5 Å². The molecule has 28 heavy (non-hydrogen) atoms. The van der Waals surface area contributed by atoms with Crippen molar-refractivity contribution in [3.8, 4) is 12.1 Å². The lowest BCUT2D eigenvalue weighted by Gasteiger charge is -2.21. The minimum atomic E-state index is -0.246. The number of halogens is 2. The highest BCUT2D eigenvalue weighted by atomic mass is 35.5. The Morgan fingerprint density at radius 3 is 2.75 bits per heavy atom. The lowest BCUT2D eigenvalue weighted by molar-refractivity contribution is -0.130. The van der Waals surface area contributed by atoms with E-state index < -0.39 is 0 Å². The number of aromatic nitrogens is 1. The molecule has 1 amide bonds. The van der Waals surface area contributed by atoms with Gasteiger partial charge in [-0.1, -0.05) is 0 Å². The largest absolute Gasteiger partial charge is 0.370 e. The first-order valence-electron chi connectivity index (χ1n) is 9.22. The van der Waals surface area contributed by atoms with E-state index in [1.807, 2.05) is 6.07 Å². The Kier molecular flexibility index (Phi) is 10.0. The summed E-state index contributed by atoms with van der Waals surface area (Å²) in [5.74, 6) is 1.36. The van der Waals surface area contributed by atoms with E-state index in [1.54, 1.807) is 17.2 Å². The number of anilines is 1. The Labute approximate surface area is 178 Å². The summed E-state index contributed by atoms with van der Waals surface area (Å²) in [5, 5.41) is 24.6. The van der Waals surface area contributed by atoms with E-state index >= 15 is 0 Å². The zero-order valence-electron chi connectivity index (χ0n) is 15.6. The Hall–Kier alpha value is -2.06. The maximum atomic E-state index is 12.3. The number of carbonyl (C=O) groups excluding carboxylic acids is 1. The van der Waals surface area contributed by atoms with Gasteiger partial charge in [0, 0.05) is 25.3 Å². The van der Waals surface area contributed by atoms with Crippen LogP contribution in [0.4, 0.5) is 5.82 Å². The second kappa shape index (κ2) is 11.7. The van der Waals surface area contributed by atoms with Gasteiger partial charge in [0.2, 0.25) is 5.91 Å². The van der Waals surface area contributed by atoms with Crippen LogP contribution in [-0.4, -0.2) is 47.5 Å². The van der Waals surface area contributed by atoms with Crippen LogP contribution in [0.25, 0.3) is 0 Å². The van der Waals surface area contributed by atoms with Gasteiger partial charge in [0.1, 0.15) is 17.9 Å². The molecule has 7 nitrogen and oxygen atoms in total. The molecule has 2 aliphatic rings. The van der Waals surface area contributed by atoms with E-state index in [9.17, 15) is 4.79 Å². The van der Waals surface area contributed by atoms with Crippen LogP contribution in [0, 0.1) is 28.6 Å². The number of rotatable bonds is 6. The third kappa shape index (κ3) is 6.24. The smallest absolute Gasteiger partial charge is 0.237 e. The van der Waals surface area contributed by atoms with Crippen LogP contribution >= 0.6 is 24.8 Å². The van der Waals surface area contributed by atoms with Crippen LogP contribution in [0.5, 0.6) is 0 Å². The molecule has 2 N–H and O–H groups in total. The molecular formula is C19H26Cl2N6O. The first-order valence-corrected chi connectivity index (χ1v) is 9.22. The Morgan fingerprint density at radius 2 is 2.07 bits per heavy atom. The SMILES string of the molecule is Cl.Cl.N#Cc1ccc(NCC2CC[C@@H](NCC(=O)N3CCC[C@H]3C#N)C2)nc1. The molecule has 1 aliphatic heterocycles. The maximum absolute atomic E-state index is 12.3. The lowest BCUT2D eigenvalue weighted by Crippen LogP contribution is -2.43. The van der Waals surface area contributed by atoms with Crippen LogP contribution in [0.15, 0.2) is 18.3 Å². The number of hydrogen-bond donors (Lipinski definition) is 2. The zero-order valence-corrected chi connectivity index (χ0v) is 17.3. The third-order valence-electron chi connectivity index (χ3n) is 5.27. The van der Waals surface area contributed by atoms with Crippen molar-refractivity contribution in [2.75, 3.05) is 25.0 Å². The van der Waals surface area contributed by atoms with Gasteiger partial charge in [0.15, 0.2) is 0 Å². The molecule has 1 saturated heterocycles. The quantitative estimate of drug-likeness (QED) is 0.726. The van der Waals surface area contributed by atoms with E-state index in [0.717, 1.165) is 44.5 Å². The zero-order chi connectivity index (χ0) is 18.4. The molecule has 0 bridgehead atoms. The fraction of sp³-hybridized carbons (Fsp3) is 0.579. The van der Waals surface area contributed by atoms with Crippen molar-refractivity contribution in [3.63, 3.8) is 0 Å². The molecular weight excluding hydrogens is 399 g/mol. The summed E-state index contributed by atoms with van der Waals surface area (Å²) in [6, 6.07) is 7.96. The van der Waals surface area contributed by atoms with Gasteiger partial charge in [-0.2, -0.15) is 10.5 Å². The van der Waals surface area contributed by atoms with E-state index in [-0.39, 0.29) is 36.8 Å². The normalized spacial score (nSPS) is 23.1.